The van der Waals surface area contributed by atoms with Crippen LogP contribution in [0.3, 0.4) is 0 Å². The second kappa shape index (κ2) is 9.96. The van der Waals surface area contributed by atoms with Crippen molar-refractivity contribution in [3.63, 3.8) is 0 Å². The Hall–Kier alpha value is -1.85. The smallest absolute Gasteiger partial charge is 0.273 e. The third-order valence-electron chi connectivity index (χ3n) is 7.94. The number of carbonyl (C=O) groups is 2. The summed E-state index contributed by atoms with van der Waals surface area (Å²) in [6.45, 7) is 6.62. The van der Waals surface area contributed by atoms with Crippen molar-refractivity contribution in [2.75, 3.05) is 0 Å². The summed E-state index contributed by atoms with van der Waals surface area (Å²) in [5, 5.41) is 8.13. The molecule has 2 saturated carbocycles. The number of carbonyl (C=O) groups excluding carboxylic acids is 2. The maximum Gasteiger partial charge on any atom is 0.273 e. The molecule has 0 spiro atoms. The van der Waals surface area contributed by atoms with Gasteiger partial charge in [0.1, 0.15) is 11.2 Å². The van der Waals surface area contributed by atoms with Gasteiger partial charge in [-0.15, -0.1) is 0 Å². The summed E-state index contributed by atoms with van der Waals surface area (Å²) in [7, 11) is 0. The van der Waals surface area contributed by atoms with Crippen LogP contribution in [0.5, 0.6) is 0 Å². The summed E-state index contributed by atoms with van der Waals surface area (Å²) < 4.78 is 1.81. The number of hydrogen-bond acceptors (Lipinski definition) is 3. The van der Waals surface area contributed by atoms with Crippen LogP contribution in [-0.2, 0) is 11.3 Å². The zero-order valence-electron chi connectivity index (χ0n) is 20.4. The lowest BCUT2D eigenvalue weighted by Gasteiger charge is -2.47. The van der Waals surface area contributed by atoms with Crippen molar-refractivity contribution in [2.45, 2.75) is 134 Å². The van der Waals surface area contributed by atoms with E-state index in [1.54, 1.807) is 0 Å². The summed E-state index contributed by atoms with van der Waals surface area (Å²) in [4.78, 5) is 29.7. The second-order valence-corrected chi connectivity index (χ2v) is 10.9. The summed E-state index contributed by atoms with van der Waals surface area (Å²) in [6, 6.07) is 2.29. The van der Waals surface area contributed by atoms with Gasteiger partial charge >= 0.3 is 0 Å². The highest BCUT2D eigenvalue weighted by Gasteiger charge is 2.50. The van der Waals surface area contributed by atoms with Crippen LogP contribution in [0, 0.1) is 0 Å². The maximum absolute atomic E-state index is 13.9. The van der Waals surface area contributed by atoms with E-state index in [4.69, 9.17) is 5.10 Å². The topological polar surface area (TPSA) is 67.2 Å². The first kappa shape index (κ1) is 23.3. The van der Waals surface area contributed by atoms with Gasteiger partial charge in [0.25, 0.3) is 5.91 Å². The lowest BCUT2D eigenvalue weighted by Crippen LogP contribution is -2.67. The summed E-state index contributed by atoms with van der Waals surface area (Å²) in [5.41, 5.74) is 0.676. The van der Waals surface area contributed by atoms with E-state index in [-0.39, 0.29) is 29.8 Å². The molecular weight excluding hydrogens is 400 g/mol. The highest BCUT2D eigenvalue weighted by atomic mass is 16.2. The molecule has 6 heteroatoms. The minimum absolute atomic E-state index is 0.00733. The molecule has 32 heavy (non-hydrogen) atoms. The Labute approximate surface area is 193 Å². The molecule has 0 aromatic carbocycles. The minimum Gasteiger partial charge on any atom is -0.351 e. The van der Waals surface area contributed by atoms with Gasteiger partial charge < -0.3 is 10.2 Å². The van der Waals surface area contributed by atoms with Crippen LogP contribution in [0.2, 0.25) is 0 Å². The van der Waals surface area contributed by atoms with Crippen molar-refractivity contribution in [1.82, 2.24) is 20.0 Å². The Morgan fingerprint density at radius 3 is 2.16 bits per heavy atom. The Bertz CT molecular complexity index is 801. The van der Waals surface area contributed by atoms with Crippen LogP contribution < -0.4 is 5.32 Å². The van der Waals surface area contributed by atoms with Crippen molar-refractivity contribution < 1.29 is 9.59 Å². The molecule has 0 bridgehead atoms. The molecule has 6 nitrogen and oxygen atoms in total. The number of rotatable bonds is 4. The van der Waals surface area contributed by atoms with Gasteiger partial charge in [-0.3, -0.25) is 14.3 Å². The Balaban J connectivity index is 1.64. The number of aromatic nitrogens is 2. The molecule has 1 aliphatic heterocycles. The van der Waals surface area contributed by atoms with Gasteiger partial charge in [0, 0.05) is 12.1 Å². The second-order valence-electron chi connectivity index (χ2n) is 10.9. The number of amides is 2. The summed E-state index contributed by atoms with van der Waals surface area (Å²) in [6.07, 6.45) is 14.9. The highest BCUT2D eigenvalue weighted by molar-refractivity contribution is 6.00. The van der Waals surface area contributed by atoms with E-state index < -0.39 is 5.54 Å². The molecule has 1 aromatic rings. The first-order valence-corrected chi connectivity index (χ1v) is 13.1. The molecule has 0 saturated heterocycles. The fourth-order valence-electron chi connectivity index (χ4n) is 5.93. The lowest BCUT2D eigenvalue weighted by atomic mass is 9.89. The van der Waals surface area contributed by atoms with Crippen LogP contribution in [0.1, 0.15) is 126 Å². The molecule has 2 amide bonds. The zero-order chi connectivity index (χ0) is 22.7. The lowest BCUT2D eigenvalue weighted by molar-refractivity contribution is -0.135. The fraction of sp³-hybridized carbons (Fsp3) is 0.808. The molecule has 178 valence electrons. The SMILES string of the molecule is CC(C)c1cc2n(n1)C[C@@](C)(C(=O)NC1CCCCCCC1)N(C1CCCCCC1)C2=O. The molecule has 1 atom stereocenters. The Kier molecular flexibility index (Phi) is 7.26. The first-order chi connectivity index (χ1) is 15.4. The molecular formula is C26H42N4O2. The molecule has 3 aliphatic rings. The fourth-order valence-corrected chi connectivity index (χ4v) is 5.93. The standard InChI is InChI=1S/C26H42N4O2/c1-19(2)22-17-23-24(31)30(21-15-11-7-8-12-16-21)26(3,18-29(23)28-22)25(32)27-20-13-9-5-4-6-10-14-20/h17,19-21H,4-16,18H2,1-3H3,(H,27,32)/t26-/m0/s1. The van der Waals surface area contributed by atoms with Crippen LogP contribution in [0.15, 0.2) is 6.07 Å². The zero-order valence-corrected chi connectivity index (χ0v) is 20.4. The van der Waals surface area contributed by atoms with Gasteiger partial charge in [-0.25, -0.2) is 0 Å². The summed E-state index contributed by atoms with van der Waals surface area (Å²) >= 11 is 0. The normalized spacial score (nSPS) is 26.4. The number of nitrogens with one attached hydrogen (secondary N) is 1. The highest BCUT2D eigenvalue weighted by Crippen LogP contribution is 2.35. The summed E-state index contributed by atoms with van der Waals surface area (Å²) in [5.74, 6) is 0.244. The van der Waals surface area contributed by atoms with Gasteiger partial charge in [0.05, 0.1) is 12.2 Å². The van der Waals surface area contributed by atoms with Crippen molar-refractivity contribution in [3.8, 4) is 0 Å². The Morgan fingerprint density at radius 1 is 1.00 bits per heavy atom. The quantitative estimate of drug-likeness (QED) is 0.654. The van der Waals surface area contributed by atoms with Gasteiger partial charge in [0.2, 0.25) is 5.91 Å². The predicted octanol–water partition coefficient (Wildman–Crippen LogP) is 5.17. The largest absolute Gasteiger partial charge is 0.351 e. The van der Waals surface area contributed by atoms with Crippen LogP contribution in [0.4, 0.5) is 0 Å². The van der Waals surface area contributed by atoms with E-state index >= 15 is 0 Å². The van der Waals surface area contributed by atoms with E-state index in [9.17, 15) is 9.59 Å². The molecule has 2 aliphatic carbocycles. The molecule has 1 N–H and O–H groups in total. The maximum atomic E-state index is 13.9. The van der Waals surface area contributed by atoms with E-state index in [1.807, 2.05) is 22.6 Å². The average molecular weight is 443 g/mol. The van der Waals surface area contributed by atoms with Crippen molar-refractivity contribution in [3.05, 3.63) is 17.5 Å². The minimum atomic E-state index is -0.901. The van der Waals surface area contributed by atoms with Gasteiger partial charge in [-0.05, 0) is 44.6 Å². The Morgan fingerprint density at radius 2 is 1.56 bits per heavy atom. The van der Waals surface area contributed by atoms with Crippen LogP contribution in [-0.4, -0.2) is 44.1 Å². The molecule has 4 rings (SSSR count). The molecule has 2 fully saturated rings. The van der Waals surface area contributed by atoms with Gasteiger partial charge in [-0.1, -0.05) is 71.6 Å². The average Bonchev–Trinajstić information content (AvgIpc) is 2.98. The van der Waals surface area contributed by atoms with E-state index in [2.05, 4.69) is 19.2 Å². The van der Waals surface area contributed by atoms with Gasteiger partial charge in [-0.2, -0.15) is 5.10 Å². The van der Waals surface area contributed by atoms with E-state index in [1.165, 1.54) is 44.9 Å². The van der Waals surface area contributed by atoms with Crippen molar-refractivity contribution in [2.24, 2.45) is 0 Å². The number of fused-ring (bicyclic) bond motifs is 1. The molecule has 2 heterocycles. The van der Waals surface area contributed by atoms with Crippen molar-refractivity contribution >= 4 is 11.8 Å². The van der Waals surface area contributed by atoms with E-state index in [0.29, 0.717) is 12.2 Å². The number of hydrogen-bond donors (Lipinski definition) is 1. The van der Waals surface area contributed by atoms with Gasteiger partial charge in [0.15, 0.2) is 0 Å². The molecule has 1 aromatic heterocycles. The predicted molar refractivity (Wildman–Crippen MR) is 127 cm³/mol. The molecule has 0 radical (unpaired) electrons. The third-order valence-corrected chi connectivity index (χ3v) is 7.94. The van der Waals surface area contributed by atoms with Crippen molar-refractivity contribution in [1.29, 1.82) is 0 Å². The van der Waals surface area contributed by atoms with Crippen LogP contribution in [0.25, 0.3) is 0 Å². The first-order valence-electron chi connectivity index (χ1n) is 13.1. The number of nitrogens with zero attached hydrogens (tertiary/aromatic N) is 3. The van der Waals surface area contributed by atoms with Crippen LogP contribution >= 0.6 is 0 Å². The molecule has 0 unspecified atom stereocenters. The van der Waals surface area contributed by atoms with E-state index in [0.717, 1.165) is 44.2 Å². The monoisotopic (exact) mass is 442 g/mol. The third kappa shape index (κ3) is 4.74.